The normalized spacial score (nSPS) is 16.2. The van der Waals surface area contributed by atoms with E-state index in [1.807, 2.05) is 24.5 Å². The van der Waals surface area contributed by atoms with Crippen LogP contribution in [0.1, 0.15) is 52.6 Å². The van der Waals surface area contributed by atoms with E-state index in [4.69, 9.17) is 0 Å². The summed E-state index contributed by atoms with van der Waals surface area (Å²) in [4.78, 5) is 17.4. The smallest absolute Gasteiger partial charge is 0.267 e. The first kappa shape index (κ1) is 17.7. The zero-order valence-electron chi connectivity index (χ0n) is 16.2. The Bertz CT molecular complexity index is 1030. The van der Waals surface area contributed by atoms with Crippen LogP contribution in [0.15, 0.2) is 47.5 Å². The number of rotatable bonds is 3. The van der Waals surface area contributed by atoms with Crippen molar-refractivity contribution in [3.05, 3.63) is 86.5 Å². The molecule has 0 N–H and O–H groups in total. The molecule has 1 atom stereocenters. The third-order valence-corrected chi connectivity index (χ3v) is 5.68. The minimum atomic E-state index is -0.0247. The van der Waals surface area contributed by atoms with Crippen LogP contribution in [0.4, 0.5) is 0 Å². The SMILES string of the molecule is CCc1ccc(-n2ncc3c(c2=O)CCC(c2ccc(C)cc2C)C3)nc1. The molecule has 0 fully saturated rings. The van der Waals surface area contributed by atoms with Gasteiger partial charge in [-0.1, -0.05) is 36.8 Å². The van der Waals surface area contributed by atoms with Gasteiger partial charge in [-0.05, 0) is 73.8 Å². The van der Waals surface area contributed by atoms with E-state index in [-0.39, 0.29) is 5.56 Å². The number of hydrogen-bond acceptors (Lipinski definition) is 3. The number of pyridine rings is 1. The Morgan fingerprint density at radius 1 is 1.15 bits per heavy atom. The van der Waals surface area contributed by atoms with Crippen LogP contribution in [-0.4, -0.2) is 14.8 Å². The Kier molecular flexibility index (Phi) is 4.65. The van der Waals surface area contributed by atoms with Crippen molar-refractivity contribution in [3.8, 4) is 5.82 Å². The van der Waals surface area contributed by atoms with Gasteiger partial charge in [-0.15, -0.1) is 0 Å². The molecule has 1 aliphatic rings. The largest absolute Gasteiger partial charge is 0.276 e. The quantitative estimate of drug-likeness (QED) is 0.708. The van der Waals surface area contributed by atoms with Gasteiger partial charge in [-0.2, -0.15) is 9.78 Å². The van der Waals surface area contributed by atoms with Gasteiger partial charge in [-0.25, -0.2) is 4.98 Å². The van der Waals surface area contributed by atoms with Crippen molar-refractivity contribution in [1.82, 2.24) is 14.8 Å². The number of fused-ring (bicyclic) bond motifs is 1. The molecular formula is C23H25N3O. The van der Waals surface area contributed by atoms with Gasteiger partial charge in [0.2, 0.25) is 0 Å². The fourth-order valence-electron chi connectivity index (χ4n) is 4.12. The first-order valence-electron chi connectivity index (χ1n) is 9.69. The highest BCUT2D eigenvalue weighted by Crippen LogP contribution is 2.33. The van der Waals surface area contributed by atoms with Crippen LogP contribution in [-0.2, 0) is 19.3 Å². The maximum Gasteiger partial charge on any atom is 0.276 e. The first-order valence-corrected chi connectivity index (χ1v) is 9.69. The van der Waals surface area contributed by atoms with Gasteiger partial charge < -0.3 is 0 Å². The average molecular weight is 359 g/mol. The first-order chi connectivity index (χ1) is 13.1. The van der Waals surface area contributed by atoms with E-state index in [0.717, 1.165) is 42.4 Å². The van der Waals surface area contributed by atoms with E-state index < -0.39 is 0 Å². The lowest BCUT2D eigenvalue weighted by Crippen LogP contribution is -2.30. The molecule has 2 heterocycles. The average Bonchev–Trinajstić information content (AvgIpc) is 2.68. The van der Waals surface area contributed by atoms with E-state index >= 15 is 0 Å². The van der Waals surface area contributed by atoms with E-state index in [9.17, 15) is 4.79 Å². The molecule has 138 valence electrons. The third-order valence-electron chi connectivity index (χ3n) is 5.68. The fourth-order valence-corrected chi connectivity index (χ4v) is 4.12. The summed E-state index contributed by atoms with van der Waals surface area (Å²) in [6.45, 7) is 6.40. The van der Waals surface area contributed by atoms with Crippen molar-refractivity contribution >= 4 is 0 Å². The van der Waals surface area contributed by atoms with Gasteiger partial charge in [0.1, 0.15) is 0 Å². The molecule has 1 unspecified atom stereocenters. The molecule has 1 aromatic carbocycles. The Hall–Kier alpha value is -2.75. The highest BCUT2D eigenvalue weighted by Gasteiger charge is 2.24. The molecule has 4 nitrogen and oxygen atoms in total. The summed E-state index contributed by atoms with van der Waals surface area (Å²) in [5.74, 6) is 1.05. The Balaban J connectivity index is 1.66. The minimum Gasteiger partial charge on any atom is -0.267 e. The summed E-state index contributed by atoms with van der Waals surface area (Å²) in [7, 11) is 0. The van der Waals surface area contributed by atoms with Crippen LogP contribution in [0, 0.1) is 13.8 Å². The van der Waals surface area contributed by atoms with Crippen LogP contribution >= 0.6 is 0 Å². The van der Waals surface area contributed by atoms with Crippen molar-refractivity contribution < 1.29 is 0 Å². The van der Waals surface area contributed by atoms with Gasteiger partial charge in [0, 0.05) is 11.8 Å². The molecule has 0 amide bonds. The van der Waals surface area contributed by atoms with E-state index in [1.54, 1.807) is 0 Å². The second kappa shape index (κ2) is 7.10. The van der Waals surface area contributed by atoms with Crippen molar-refractivity contribution in [2.75, 3.05) is 0 Å². The molecule has 0 saturated carbocycles. The molecule has 0 spiro atoms. The van der Waals surface area contributed by atoms with Gasteiger partial charge in [0.25, 0.3) is 5.56 Å². The van der Waals surface area contributed by atoms with Crippen molar-refractivity contribution in [3.63, 3.8) is 0 Å². The van der Waals surface area contributed by atoms with E-state index in [0.29, 0.717) is 11.7 Å². The van der Waals surface area contributed by atoms with Crippen molar-refractivity contribution in [2.45, 2.75) is 52.4 Å². The zero-order chi connectivity index (χ0) is 19.0. The molecular weight excluding hydrogens is 334 g/mol. The topological polar surface area (TPSA) is 47.8 Å². The standard InChI is InChI=1S/C23H25N3O/c1-4-17-6-10-22(24-13-17)26-23(27)21-9-7-18(12-19(21)14-25-26)20-8-5-15(2)11-16(20)3/h5-6,8,10-11,13-14,18H,4,7,9,12H2,1-3H3. The summed E-state index contributed by atoms with van der Waals surface area (Å²) in [5.41, 5.74) is 7.13. The fraction of sp³-hybridized carbons (Fsp3) is 0.348. The van der Waals surface area contributed by atoms with Crippen LogP contribution in [0.2, 0.25) is 0 Å². The minimum absolute atomic E-state index is 0.0247. The molecule has 0 radical (unpaired) electrons. The summed E-state index contributed by atoms with van der Waals surface area (Å²) >= 11 is 0. The highest BCUT2D eigenvalue weighted by atomic mass is 16.1. The van der Waals surface area contributed by atoms with Gasteiger partial charge in [0.15, 0.2) is 5.82 Å². The predicted octanol–water partition coefficient (Wildman–Crippen LogP) is 4.08. The number of aryl methyl sites for hydroxylation is 3. The Labute approximate surface area is 159 Å². The lowest BCUT2D eigenvalue weighted by Gasteiger charge is -2.26. The third kappa shape index (κ3) is 3.32. The second-order valence-corrected chi connectivity index (χ2v) is 7.54. The zero-order valence-corrected chi connectivity index (χ0v) is 16.2. The summed E-state index contributed by atoms with van der Waals surface area (Å²) in [6, 6.07) is 10.5. The predicted molar refractivity (Wildman–Crippen MR) is 108 cm³/mol. The van der Waals surface area contributed by atoms with Crippen molar-refractivity contribution in [2.24, 2.45) is 0 Å². The van der Waals surface area contributed by atoms with Gasteiger partial charge >= 0.3 is 0 Å². The van der Waals surface area contributed by atoms with Gasteiger partial charge in [0.05, 0.1) is 6.20 Å². The Morgan fingerprint density at radius 2 is 2.00 bits per heavy atom. The molecule has 4 heteroatoms. The summed E-state index contributed by atoms with van der Waals surface area (Å²) in [5, 5.41) is 4.42. The van der Waals surface area contributed by atoms with Crippen LogP contribution in [0.5, 0.6) is 0 Å². The number of benzene rings is 1. The van der Waals surface area contributed by atoms with Crippen LogP contribution < -0.4 is 5.56 Å². The van der Waals surface area contributed by atoms with Gasteiger partial charge in [-0.3, -0.25) is 4.79 Å². The molecule has 4 rings (SSSR count). The lowest BCUT2D eigenvalue weighted by atomic mass is 9.79. The molecule has 1 aliphatic carbocycles. The molecule has 0 bridgehead atoms. The summed E-state index contributed by atoms with van der Waals surface area (Å²) < 4.78 is 1.44. The number of hydrogen-bond donors (Lipinski definition) is 0. The number of nitrogens with zero attached hydrogens (tertiary/aromatic N) is 3. The molecule has 27 heavy (non-hydrogen) atoms. The number of aromatic nitrogens is 3. The lowest BCUT2D eigenvalue weighted by molar-refractivity contribution is 0.565. The monoisotopic (exact) mass is 359 g/mol. The Morgan fingerprint density at radius 3 is 2.70 bits per heavy atom. The van der Waals surface area contributed by atoms with Crippen molar-refractivity contribution in [1.29, 1.82) is 0 Å². The molecule has 0 saturated heterocycles. The highest BCUT2D eigenvalue weighted by molar-refractivity contribution is 5.37. The van der Waals surface area contributed by atoms with E-state index in [1.165, 1.54) is 21.4 Å². The molecule has 2 aromatic heterocycles. The maximum absolute atomic E-state index is 13.0. The summed E-state index contributed by atoms with van der Waals surface area (Å²) in [6.07, 6.45) is 7.28. The molecule has 3 aromatic rings. The van der Waals surface area contributed by atoms with Crippen LogP contribution in [0.25, 0.3) is 5.82 Å². The maximum atomic E-state index is 13.0. The second-order valence-electron chi connectivity index (χ2n) is 7.54. The van der Waals surface area contributed by atoms with Crippen LogP contribution in [0.3, 0.4) is 0 Å². The van der Waals surface area contributed by atoms with E-state index in [2.05, 4.69) is 49.1 Å². The molecule has 0 aliphatic heterocycles.